The van der Waals surface area contributed by atoms with Crippen LogP contribution in [0.15, 0.2) is 48.5 Å². The fourth-order valence-electron chi connectivity index (χ4n) is 3.01. The normalized spacial score (nSPS) is 14.4. The van der Waals surface area contributed by atoms with Crippen molar-refractivity contribution < 1.29 is 32.6 Å². The Bertz CT molecular complexity index is 1090. The molecule has 32 heavy (non-hydrogen) atoms. The van der Waals surface area contributed by atoms with E-state index in [0.717, 1.165) is 0 Å². The highest BCUT2D eigenvalue weighted by atomic mass is 32.2. The number of nitrogens with zero attached hydrogens (tertiary/aromatic N) is 1. The highest BCUT2D eigenvalue weighted by Crippen LogP contribution is 2.30. The molecule has 0 aliphatic carbocycles. The Labute approximate surface area is 187 Å². The first-order valence-electron chi connectivity index (χ1n) is 9.98. The molecule has 3 rings (SSSR count). The molecule has 0 atom stereocenters. The summed E-state index contributed by atoms with van der Waals surface area (Å²) in [5.41, 5.74) is -0.0842. The van der Waals surface area contributed by atoms with E-state index in [2.05, 4.69) is 4.72 Å². The van der Waals surface area contributed by atoms with E-state index in [1.54, 1.807) is 51.1 Å². The second-order valence-electron chi connectivity index (χ2n) is 8.49. The zero-order chi connectivity index (χ0) is 23.5. The molecular weight excluding hydrogens is 436 g/mol. The van der Waals surface area contributed by atoms with Crippen molar-refractivity contribution >= 4 is 27.8 Å². The maximum atomic E-state index is 12.7. The number of carboxylic acids is 1. The summed E-state index contributed by atoms with van der Waals surface area (Å²) in [7, 11) is -3.83. The van der Waals surface area contributed by atoms with Crippen molar-refractivity contribution in [1.82, 2.24) is 4.90 Å². The quantitative estimate of drug-likeness (QED) is 0.647. The van der Waals surface area contributed by atoms with Crippen molar-refractivity contribution in [3.05, 3.63) is 59.7 Å². The molecule has 2 aromatic carbocycles. The van der Waals surface area contributed by atoms with E-state index in [1.165, 1.54) is 23.1 Å². The SMILES string of the molecule is CC(C)(C)OC(=O)N1CC(Oc2ccc(C(=O)O)cc2NS(=O)(=O)Cc2ccccc2)C1. The first-order chi connectivity index (χ1) is 14.9. The van der Waals surface area contributed by atoms with E-state index >= 15 is 0 Å². The maximum absolute atomic E-state index is 12.7. The first-order valence-corrected chi connectivity index (χ1v) is 11.6. The number of nitrogens with one attached hydrogen (secondary N) is 1. The van der Waals surface area contributed by atoms with Crippen LogP contribution in [0.25, 0.3) is 0 Å². The van der Waals surface area contributed by atoms with Gasteiger partial charge in [-0.25, -0.2) is 18.0 Å². The number of rotatable bonds is 7. The summed E-state index contributed by atoms with van der Waals surface area (Å²) in [6.45, 7) is 5.86. The van der Waals surface area contributed by atoms with E-state index in [-0.39, 0.29) is 41.9 Å². The number of benzene rings is 2. The van der Waals surface area contributed by atoms with Gasteiger partial charge in [-0.1, -0.05) is 30.3 Å². The number of hydrogen-bond donors (Lipinski definition) is 2. The molecule has 0 radical (unpaired) electrons. The van der Waals surface area contributed by atoms with Crippen LogP contribution in [0.5, 0.6) is 5.75 Å². The summed E-state index contributed by atoms with van der Waals surface area (Å²) in [5, 5.41) is 9.29. The standard InChI is InChI=1S/C22H26N2O7S/c1-22(2,3)31-21(27)24-12-17(13-24)30-19-10-9-16(20(25)26)11-18(19)23-32(28,29)14-15-7-5-4-6-8-15/h4-11,17,23H,12-14H2,1-3H3,(H,25,26). The van der Waals surface area contributed by atoms with Crippen LogP contribution in [-0.4, -0.2) is 55.3 Å². The number of likely N-dealkylation sites (tertiary alicyclic amines) is 1. The predicted molar refractivity (Wildman–Crippen MR) is 118 cm³/mol. The lowest BCUT2D eigenvalue weighted by Gasteiger charge is -2.39. The molecule has 10 heteroatoms. The fraction of sp³-hybridized carbons (Fsp3) is 0.364. The Morgan fingerprint density at radius 1 is 1.12 bits per heavy atom. The second-order valence-corrected chi connectivity index (χ2v) is 10.2. The second kappa shape index (κ2) is 9.07. The minimum Gasteiger partial charge on any atom is -0.485 e. The molecule has 9 nitrogen and oxygen atoms in total. The number of carbonyl (C=O) groups is 2. The van der Waals surface area contributed by atoms with Gasteiger partial charge in [-0.3, -0.25) is 4.72 Å². The van der Waals surface area contributed by atoms with Gasteiger partial charge in [0.15, 0.2) is 0 Å². The van der Waals surface area contributed by atoms with Crippen molar-refractivity contribution in [2.75, 3.05) is 17.8 Å². The Morgan fingerprint density at radius 2 is 1.78 bits per heavy atom. The minimum atomic E-state index is -3.83. The molecule has 2 N–H and O–H groups in total. The zero-order valence-electron chi connectivity index (χ0n) is 18.1. The number of carboxylic acid groups (broad SMARTS) is 1. The number of aromatic carboxylic acids is 1. The molecule has 0 unspecified atom stereocenters. The van der Waals surface area contributed by atoms with Crippen molar-refractivity contribution in [2.24, 2.45) is 0 Å². The molecule has 1 fully saturated rings. The molecule has 1 aliphatic rings. The molecule has 1 amide bonds. The van der Waals surface area contributed by atoms with Gasteiger partial charge in [0.2, 0.25) is 10.0 Å². The van der Waals surface area contributed by atoms with E-state index in [9.17, 15) is 23.1 Å². The summed E-state index contributed by atoms with van der Waals surface area (Å²) in [4.78, 5) is 24.9. The third kappa shape index (κ3) is 6.36. The predicted octanol–water partition coefficient (Wildman–Crippen LogP) is 3.32. The maximum Gasteiger partial charge on any atom is 0.410 e. The van der Waals surface area contributed by atoms with Crippen molar-refractivity contribution in [3.63, 3.8) is 0 Å². The molecule has 1 aliphatic heterocycles. The summed E-state index contributed by atoms with van der Waals surface area (Å²) >= 11 is 0. The van der Waals surface area contributed by atoms with Crippen molar-refractivity contribution in [1.29, 1.82) is 0 Å². The van der Waals surface area contributed by atoms with Crippen LogP contribution in [0.1, 0.15) is 36.7 Å². The summed E-state index contributed by atoms with van der Waals surface area (Å²) in [6.07, 6.45) is -0.835. The minimum absolute atomic E-state index is 0.0246. The van der Waals surface area contributed by atoms with E-state index in [4.69, 9.17) is 9.47 Å². The van der Waals surface area contributed by atoms with Crippen molar-refractivity contribution in [3.8, 4) is 5.75 Å². The topological polar surface area (TPSA) is 122 Å². The third-order valence-corrected chi connectivity index (χ3v) is 5.73. The van der Waals surface area contributed by atoms with Gasteiger partial charge in [0.25, 0.3) is 0 Å². The van der Waals surface area contributed by atoms with Gasteiger partial charge in [0.1, 0.15) is 17.5 Å². The lowest BCUT2D eigenvalue weighted by atomic mass is 10.1. The van der Waals surface area contributed by atoms with Crippen LogP contribution in [0.3, 0.4) is 0 Å². The van der Waals surface area contributed by atoms with Crippen LogP contribution in [0.4, 0.5) is 10.5 Å². The van der Waals surface area contributed by atoms with Gasteiger partial charge in [-0.05, 0) is 44.5 Å². The Balaban J connectivity index is 1.72. The number of amides is 1. The number of carbonyl (C=O) groups excluding carboxylic acids is 1. The molecule has 0 bridgehead atoms. The highest BCUT2D eigenvalue weighted by Gasteiger charge is 2.35. The average Bonchev–Trinajstić information content (AvgIpc) is 2.63. The van der Waals surface area contributed by atoms with Crippen LogP contribution >= 0.6 is 0 Å². The Kier molecular flexibility index (Phi) is 6.63. The largest absolute Gasteiger partial charge is 0.485 e. The highest BCUT2D eigenvalue weighted by molar-refractivity contribution is 7.91. The van der Waals surface area contributed by atoms with Crippen LogP contribution in [0, 0.1) is 0 Å². The number of sulfonamides is 1. The molecule has 0 saturated carbocycles. The average molecular weight is 463 g/mol. The van der Waals surface area contributed by atoms with Gasteiger partial charge < -0.3 is 19.5 Å². The van der Waals surface area contributed by atoms with Gasteiger partial charge >= 0.3 is 12.1 Å². The Hall–Kier alpha value is -3.27. The number of anilines is 1. The smallest absolute Gasteiger partial charge is 0.410 e. The molecule has 2 aromatic rings. The fourth-order valence-corrected chi connectivity index (χ4v) is 4.21. The number of ether oxygens (including phenoxy) is 2. The van der Waals surface area contributed by atoms with Crippen molar-refractivity contribution in [2.45, 2.75) is 38.2 Å². The van der Waals surface area contributed by atoms with Gasteiger partial charge in [-0.2, -0.15) is 0 Å². The van der Waals surface area contributed by atoms with Gasteiger partial charge in [0, 0.05) is 0 Å². The summed E-state index contributed by atoms with van der Waals surface area (Å²) in [5.74, 6) is -1.29. The Morgan fingerprint density at radius 3 is 2.38 bits per heavy atom. The lowest BCUT2D eigenvalue weighted by Crippen LogP contribution is -2.57. The molecule has 172 valence electrons. The summed E-state index contributed by atoms with van der Waals surface area (Å²) in [6, 6.07) is 12.6. The first kappa shape index (κ1) is 23.4. The molecule has 1 saturated heterocycles. The van der Waals surface area contributed by atoms with E-state index in [0.29, 0.717) is 5.56 Å². The van der Waals surface area contributed by atoms with E-state index in [1.807, 2.05) is 0 Å². The molecular formula is C22H26N2O7S. The van der Waals surface area contributed by atoms with Gasteiger partial charge in [0.05, 0.1) is 30.1 Å². The molecule has 0 spiro atoms. The molecule has 0 aromatic heterocycles. The van der Waals surface area contributed by atoms with Gasteiger partial charge in [-0.15, -0.1) is 0 Å². The lowest BCUT2D eigenvalue weighted by molar-refractivity contribution is -0.0219. The number of hydrogen-bond acceptors (Lipinski definition) is 6. The van der Waals surface area contributed by atoms with Crippen LogP contribution < -0.4 is 9.46 Å². The van der Waals surface area contributed by atoms with E-state index < -0.39 is 27.7 Å². The zero-order valence-corrected chi connectivity index (χ0v) is 18.9. The van der Waals surface area contributed by atoms with Crippen LogP contribution in [0.2, 0.25) is 0 Å². The monoisotopic (exact) mass is 462 g/mol. The van der Waals surface area contributed by atoms with Crippen LogP contribution in [-0.2, 0) is 20.5 Å². The summed E-state index contributed by atoms with van der Waals surface area (Å²) < 4.78 is 38.9. The molecule has 1 heterocycles. The third-order valence-electron chi connectivity index (χ3n) is 4.48.